The van der Waals surface area contributed by atoms with Gasteiger partial charge in [0, 0.05) is 12.1 Å². The molecule has 21 heavy (non-hydrogen) atoms. The average molecular weight is 290 g/mol. The van der Waals surface area contributed by atoms with Gasteiger partial charge in [-0.25, -0.2) is 0 Å². The monoisotopic (exact) mass is 290 g/mol. The lowest BCUT2D eigenvalue weighted by Gasteiger charge is -2.44. The molecule has 5 nitrogen and oxygen atoms in total. The highest BCUT2D eigenvalue weighted by Gasteiger charge is 2.42. The van der Waals surface area contributed by atoms with E-state index >= 15 is 0 Å². The van der Waals surface area contributed by atoms with Crippen LogP contribution >= 0.6 is 0 Å². The topological polar surface area (TPSA) is 83.6 Å². The SMILES string of the molecule is CC1(C)CCCN(Cc2ccccc2C(N)=O)C1C(=O)O. The Hall–Kier alpha value is -1.88. The van der Waals surface area contributed by atoms with Crippen LogP contribution in [0.3, 0.4) is 0 Å². The maximum absolute atomic E-state index is 11.7. The van der Waals surface area contributed by atoms with Crippen LogP contribution in [-0.2, 0) is 11.3 Å². The van der Waals surface area contributed by atoms with Crippen LogP contribution in [0.1, 0.15) is 42.6 Å². The fourth-order valence-corrected chi connectivity index (χ4v) is 3.28. The van der Waals surface area contributed by atoms with Crippen LogP contribution in [0.15, 0.2) is 24.3 Å². The van der Waals surface area contributed by atoms with Gasteiger partial charge >= 0.3 is 5.97 Å². The van der Waals surface area contributed by atoms with Crippen molar-refractivity contribution >= 4 is 11.9 Å². The summed E-state index contributed by atoms with van der Waals surface area (Å²) in [5, 5.41) is 9.57. The molecule has 1 fully saturated rings. The smallest absolute Gasteiger partial charge is 0.321 e. The molecule has 0 radical (unpaired) electrons. The molecule has 1 aromatic rings. The minimum atomic E-state index is -0.809. The molecule has 1 aliphatic rings. The van der Waals surface area contributed by atoms with Crippen LogP contribution in [0.2, 0.25) is 0 Å². The molecule has 1 unspecified atom stereocenters. The Balaban J connectivity index is 2.29. The summed E-state index contributed by atoms with van der Waals surface area (Å²) >= 11 is 0. The van der Waals surface area contributed by atoms with Gasteiger partial charge in [0.1, 0.15) is 6.04 Å². The zero-order chi connectivity index (χ0) is 15.6. The van der Waals surface area contributed by atoms with E-state index in [-0.39, 0.29) is 5.41 Å². The third-order valence-corrected chi connectivity index (χ3v) is 4.26. The van der Waals surface area contributed by atoms with E-state index < -0.39 is 17.9 Å². The number of amides is 1. The van der Waals surface area contributed by atoms with Crippen LogP contribution in [0, 0.1) is 5.41 Å². The number of carboxylic acids is 1. The number of hydrogen-bond acceptors (Lipinski definition) is 3. The van der Waals surface area contributed by atoms with Crippen LogP contribution in [0.5, 0.6) is 0 Å². The molecule has 1 saturated heterocycles. The van der Waals surface area contributed by atoms with Gasteiger partial charge in [-0.05, 0) is 36.4 Å². The fraction of sp³-hybridized carbons (Fsp3) is 0.500. The summed E-state index contributed by atoms with van der Waals surface area (Å²) in [6.07, 6.45) is 1.84. The Morgan fingerprint density at radius 1 is 1.38 bits per heavy atom. The zero-order valence-corrected chi connectivity index (χ0v) is 12.5. The van der Waals surface area contributed by atoms with Gasteiger partial charge < -0.3 is 10.8 Å². The van der Waals surface area contributed by atoms with Gasteiger partial charge in [-0.1, -0.05) is 32.0 Å². The van der Waals surface area contributed by atoms with Crippen molar-refractivity contribution in [3.05, 3.63) is 35.4 Å². The van der Waals surface area contributed by atoms with Gasteiger partial charge in [0.05, 0.1) is 0 Å². The van der Waals surface area contributed by atoms with Crippen molar-refractivity contribution in [1.82, 2.24) is 4.90 Å². The molecule has 0 saturated carbocycles. The number of nitrogens with two attached hydrogens (primary N) is 1. The normalized spacial score (nSPS) is 21.9. The Morgan fingerprint density at radius 3 is 2.67 bits per heavy atom. The third-order valence-electron chi connectivity index (χ3n) is 4.26. The van der Waals surface area contributed by atoms with E-state index in [0.717, 1.165) is 18.4 Å². The molecule has 3 N–H and O–H groups in total. The van der Waals surface area contributed by atoms with Crippen molar-refractivity contribution in [3.63, 3.8) is 0 Å². The third kappa shape index (κ3) is 3.24. The second-order valence-corrected chi connectivity index (χ2v) is 6.32. The molecule has 114 valence electrons. The molecule has 0 spiro atoms. The van der Waals surface area contributed by atoms with Crippen molar-refractivity contribution in [2.24, 2.45) is 11.1 Å². The lowest BCUT2D eigenvalue weighted by Crippen LogP contribution is -2.53. The minimum Gasteiger partial charge on any atom is -0.480 e. The number of carbonyl (C=O) groups excluding carboxylic acids is 1. The number of nitrogens with zero attached hydrogens (tertiary/aromatic N) is 1. The number of piperidine rings is 1. The predicted octanol–water partition coefficient (Wildman–Crippen LogP) is 1.86. The molecular weight excluding hydrogens is 268 g/mol. The van der Waals surface area contributed by atoms with Crippen LogP contribution < -0.4 is 5.73 Å². The van der Waals surface area contributed by atoms with Crippen LogP contribution in [0.25, 0.3) is 0 Å². The van der Waals surface area contributed by atoms with Gasteiger partial charge in [0.15, 0.2) is 0 Å². The summed E-state index contributed by atoms with van der Waals surface area (Å²) in [5.41, 5.74) is 6.36. The Morgan fingerprint density at radius 2 is 2.05 bits per heavy atom. The van der Waals surface area contributed by atoms with E-state index in [0.29, 0.717) is 18.7 Å². The highest BCUT2D eigenvalue weighted by atomic mass is 16.4. The molecule has 0 bridgehead atoms. The first-order chi connectivity index (χ1) is 9.83. The van der Waals surface area contributed by atoms with Crippen molar-refractivity contribution in [3.8, 4) is 0 Å². The molecule has 1 atom stereocenters. The first-order valence-electron chi connectivity index (χ1n) is 7.17. The van der Waals surface area contributed by atoms with Gasteiger partial charge in [-0.2, -0.15) is 0 Å². The lowest BCUT2D eigenvalue weighted by molar-refractivity contribution is -0.151. The van der Waals surface area contributed by atoms with Crippen molar-refractivity contribution < 1.29 is 14.7 Å². The number of rotatable bonds is 4. The second-order valence-electron chi connectivity index (χ2n) is 6.32. The second kappa shape index (κ2) is 5.85. The van der Waals surface area contributed by atoms with E-state index in [2.05, 4.69) is 0 Å². The van der Waals surface area contributed by atoms with Gasteiger partial charge in [-0.3, -0.25) is 14.5 Å². The van der Waals surface area contributed by atoms with Gasteiger partial charge in [-0.15, -0.1) is 0 Å². The van der Waals surface area contributed by atoms with E-state index in [1.807, 2.05) is 30.9 Å². The number of hydrogen-bond donors (Lipinski definition) is 2. The van der Waals surface area contributed by atoms with Crippen molar-refractivity contribution in [1.29, 1.82) is 0 Å². The quantitative estimate of drug-likeness (QED) is 0.886. The molecule has 1 heterocycles. The largest absolute Gasteiger partial charge is 0.480 e. The fourth-order valence-electron chi connectivity index (χ4n) is 3.28. The van der Waals surface area contributed by atoms with E-state index in [4.69, 9.17) is 5.73 Å². The van der Waals surface area contributed by atoms with E-state index in [1.54, 1.807) is 12.1 Å². The Bertz CT molecular complexity index is 554. The Labute approximate surface area is 124 Å². The molecule has 0 aromatic heterocycles. The molecular formula is C16H22N2O3. The number of carboxylic acid groups (broad SMARTS) is 1. The zero-order valence-electron chi connectivity index (χ0n) is 12.5. The van der Waals surface area contributed by atoms with E-state index in [9.17, 15) is 14.7 Å². The number of aliphatic carboxylic acids is 1. The molecule has 0 aliphatic carbocycles. The molecule has 1 aromatic carbocycles. The maximum Gasteiger partial charge on any atom is 0.321 e. The highest BCUT2D eigenvalue weighted by Crippen LogP contribution is 2.36. The maximum atomic E-state index is 11.7. The average Bonchev–Trinajstić information content (AvgIpc) is 2.37. The van der Waals surface area contributed by atoms with Gasteiger partial charge in [0.25, 0.3) is 0 Å². The number of benzene rings is 1. The van der Waals surface area contributed by atoms with Crippen molar-refractivity contribution in [2.45, 2.75) is 39.3 Å². The number of likely N-dealkylation sites (tertiary alicyclic amines) is 1. The van der Waals surface area contributed by atoms with Crippen LogP contribution in [0.4, 0.5) is 0 Å². The number of carbonyl (C=O) groups is 2. The summed E-state index contributed by atoms with van der Waals surface area (Å²) in [6, 6.07) is 6.57. The minimum absolute atomic E-state index is 0.286. The summed E-state index contributed by atoms with van der Waals surface area (Å²) < 4.78 is 0. The summed E-state index contributed by atoms with van der Waals surface area (Å²) in [4.78, 5) is 25.1. The predicted molar refractivity (Wildman–Crippen MR) is 79.8 cm³/mol. The van der Waals surface area contributed by atoms with Crippen molar-refractivity contribution in [2.75, 3.05) is 6.54 Å². The van der Waals surface area contributed by atoms with E-state index in [1.165, 1.54) is 0 Å². The first kappa shape index (κ1) is 15.5. The van der Waals surface area contributed by atoms with Gasteiger partial charge in [0.2, 0.25) is 5.91 Å². The number of primary amides is 1. The standard InChI is InChI=1S/C16H22N2O3/c1-16(2)8-5-9-18(13(16)15(20)21)10-11-6-3-4-7-12(11)14(17)19/h3-4,6-7,13H,5,8-10H2,1-2H3,(H2,17,19)(H,20,21). The van der Waals surface area contributed by atoms with Crippen LogP contribution in [-0.4, -0.2) is 34.5 Å². The summed E-state index contributed by atoms with van der Waals surface area (Å²) in [5.74, 6) is -1.29. The first-order valence-corrected chi connectivity index (χ1v) is 7.17. The molecule has 2 rings (SSSR count). The lowest BCUT2D eigenvalue weighted by atomic mass is 9.76. The summed E-state index contributed by atoms with van der Waals surface area (Å²) in [7, 11) is 0. The summed E-state index contributed by atoms with van der Waals surface area (Å²) in [6.45, 7) is 5.11. The molecule has 1 aliphatic heterocycles. The highest BCUT2D eigenvalue weighted by molar-refractivity contribution is 5.94. The molecule has 1 amide bonds. The Kier molecular flexibility index (Phi) is 4.32. The molecule has 5 heteroatoms.